The van der Waals surface area contributed by atoms with Crippen LogP contribution in [0.25, 0.3) is 0 Å². The van der Waals surface area contributed by atoms with E-state index in [1.165, 1.54) is 44.9 Å². The summed E-state index contributed by atoms with van der Waals surface area (Å²) in [6.07, 6.45) is 9.84. The molecule has 3 aliphatic carbocycles. The summed E-state index contributed by atoms with van der Waals surface area (Å²) in [7, 11) is 0. The Balaban J connectivity index is 1.89. The lowest BCUT2D eigenvalue weighted by molar-refractivity contribution is -0.00592. The van der Waals surface area contributed by atoms with E-state index in [-0.39, 0.29) is 0 Å². The van der Waals surface area contributed by atoms with Gasteiger partial charge in [0.2, 0.25) is 0 Å². The summed E-state index contributed by atoms with van der Waals surface area (Å²) in [5, 5.41) is 9.44. The van der Waals surface area contributed by atoms with Gasteiger partial charge < -0.3 is 0 Å². The molecule has 3 aliphatic rings. The fourth-order valence-electron chi connectivity index (χ4n) is 5.59. The molecule has 0 aliphatic heterocycles. The van der Waals surface area contributed by atoms with E-state index in [0.717, 1.165) is 29.6 Å². The van der Waals surface area contributed by atoms with Crippen LogP contribution in [0.3, 0.4) is 0 Å². The van der Waals surface area contributed by atoms with E-state index in [9.17, 15) is 5.26 Å². The zero-order chi connectivity index (χ0) is 12.7. The standard InChI is InChI=1S/C17H27N/c1-11-6-7-13-4-3-5-16-12(2)15(10-18)9-14(8-11)17(13)16/h11-17H,3-9H2,1-2H3. The van der Waals surface area contributed by atoms with Crippen LogP contribution in [0.4, 0.5) is 0 Å². The summed E-state index contributed by atoms with van der Waals surface area (Å²) < 4.78 is 0. The van der Waals surface area contributed by atoms with Crippen LogP contribution in [0.1, 0.15) is 58.8 Å². The van der Waals surface area contributed by atoms with E-state index < -0.39 is 0 Å². The molecule has 0 bridgehead atoms. The molecule has 0 saturated heterocycles. The first-order valence-electron chi connectivity index (χ1n) is 8.10. The van der Waals surface area contributed by atoms with Crippen molar-refractivity contribution in [2.75, 3.05) is 0 Å². The highest BCUT2D eigenvalue weighted by Crippen LogP contribution is 2.55. The Morgan fingerprint density at radius 1 is 0.944 bits per heavy atom. The van der Waals surface area contributed by atoms with Gasteiger partial charge in [-0.3, -0.25) is 0 Å². The van der Waals surface area contributed by atoms with Crippen molar-refractivity contribution >= 4 is 0 Å². The molecule has 0 amide bonds. The number of hydrogen-bond donors (Lipinski definition) is 0. The van der Waals surface area contributed by atoms with Gasteiger partial charge >= 0.3 is 0 Å². The maximum Gasteiger partial charge on any atom is 0.0658 e. The zero-order valence-corrected chi connectivity index (χ0v) is 11.9. The lowest BCUT2D eigenvalue weighted by Gasteiger charge is -2.50. The summed E-state index contributed by atoms with van der Waals surface area (Å²) >= 11 is 0. The van der Waals surface area contributed by atoms with Gasteiger partial charge in [-0.05, 0) is 61.2 Å². The van der Waals surface area contributed by atoms with Crippen molar-refractivity contribution in [1.29, 1.82) is 5.26 Å². The van der Waals surface area contributed by atoms with Crippen molar-refractivity contribution in [1.82, 2.24) is 0 Å². The quantitative estimate of drug-likeness (QED) is 0.610. The first-order chi connectivity index (χ1) is 8.70. The molecule has 0 heterocycles. The minimum absolute atomic E-state index is 0.347. The molecule has 7 unspecified atom stereocenters. The van der Waals surface area contributed by atoms with Crippen LogP contribution >= 0.6 is 0 Å². The Kier molecular flexibility index (Phi) is 3.39. The van der Waals surface area contributed by atoms with Crippen molar-refractivity contribution in [3.8, 4) is 6.07 Å². The first kappa shape index (κ1) is 12.5. The van der Waals surface area contributed by atoms with Gasteiger partial charge in [0, 0.05) is 5.92 Å². The van der Waals surface area contributed by atoms with E-state index >= 15 is 0 Å². The SMILES string of the molecule is CC1CCC2CCCC3C(C)C(C#N)CC(C1)C23. The van der Waals surface area contributed by atoms with E-state index in [2.05, 4.69) is 19.9 Å². The minimum Gasteiger partial charge on any atom is -0.198 e. The molecule has 1 heteroatoms. The van der Waals surface area contributed by atoms with Gasteiger partial charge in [-0.25, -0.2) is 0 Å². The normalized spacial score (nSPS) is 51.9. The molecule has 0 aromatic rings. The Labute approximate surface area is 112 Å². The highest BCUT2D eigenvalue weighted by Gasteiger charge is 2.48. The predicted molar refractivity (Wildman–Crippen MR) is 73.7 cm³/mol. The monoisotopic (exact) mass is 245 g/mol. The molecule has 100 valence electrons. The van der Waals surface area contributed by atoms with Crippen LogP contribution in [-0.4, -0.2) is 0 Å². The minimum atomic E-state index is 0.347. The number of rotatable bonds is 0. The molecule has 1 nitrogen and oxygen atoms in total. The molecule has 18 heavy (non-hydrogen) atoms. The number of nitriles is 1. The Hall–Kier alpha value is -0.510. The molecule has 3 fully saturated rings. The van der Waals surface area contributed by atoms with E-state index in [0.29, 0.717) is 11.8 Å². The van der Waals surface area contributed by atoms with Crippen LogP contribution in [0.5, 0.6) is 0 Å². The van der Waals surface area contributed by atoms with Crippen molar-refractivity contribution in [3.05, 3.63) is 0 Å². The van der Waals surface area contributed by atoms with Crippen molar-refractivity contribution in [3.63, 3.8) is 0 Å². The van der Waals surface area contributed by atoms with Crippen LogP contribution in [0, 0.1) is 52.8 Å². The predicted octanol–water partition coefficient (Wildman–Crippen LogP) is 4.63. The first-order valence-corrected chi connectivity index (χ1v) is 8.10. The molecule has 0 aromatic carbocycles. The van der Waals surface area contributed by atoms with E-state index in [4.69, 9.17) is 0 Å². The van der Waals surface area contributed by atoms with Gasteiger partial charge in [0.05, 0.1) is 6.07 Å². The number of hydrogen-bond acceptors (Lipinski definition) is 1. The van der Waals surface area contributed by atoms with Gasteiger partial charge in [0.1, 0.15) is 0 Å². The maximum absolute atomic E-state index is 9.44. The third kappa shape index (κ3) is 1.98. The fraction of sp³-hybridized carbons (Fsp3) is 0.941. The third-order valence-corrected chi connectivity index (χ3v) is 6.46. The molecule has 3 rings (SSSR count). The van der Waals surface area contributed by atoms with Crippen LogP contribution in [0.2, 0.25) is 0 Å². The molecule has 3 saturated carbocycles. The molecule has 0 aromatic heterocycles. The maximum atomic E-state index is 9.44. The Bertz CT molecular complexity index is 342. The van der Waals surface area contributed by atoms with Gasteiger partial charge in [0.15, 0.2) is 0 Å². The average molecular weight is 245 g/mol. The Morgan fingerprint density at radius 3 is 2.56 bits per heavy atom. The zero-order valence-electron chi connectivity index (χ0n) is 11.9. The second-order valence-electron chi connectivity index (χ2n) is 7.44. The number of nitrogens with zero attached hydrogens (tertiary/aromatic N) is 1. The van der Waals surface area contributed by atoms with Crippen LogP contribution in [0.15, 0.2) is 0 Å². The second kappa shape index (κ2) is 4.87. The van der Waals surface area contributed by atoms with Crippen LogP contribution < -0.4 is 0 Å². The summed E-state index contributed by atoms with van der Waals surface area (Å²) in [5.74, 6) is 5.63. The van der Waals surface area contributed by atoms with Crippen molar-refractivity contribution in [2.45, 2.75) is 58.8 Å². The molecule has 0 N–H and O–H groups in total. The molecule has 7 atom stereocenters. The smallest absolute Gasteiger partial charge is 0.0658 e. The Morgan fingerprint density at radius 2 is 1.78 bits per heavy atom. The molecular formula is C17H27N. The van der Waals surface area contributed by atoms with Gasteiger partial charge in [-0.15, -0.1) is 0 Å². The van der Waals surface area contributed by atoms with Gasteiger partial charge in [0.25, 0.3) is 0 Å². The summed E-state index contributed by atoms with van der Waals surface area (Å²) in [6, 6.07) is 2.63. The summed E-state index contributed by atoms with van der Waals surface area (Å²) in [6.45, 7) is 4.80. The van der Waals surface area contributed by atoms with Crippen molar-refractivity contribution < 1.29 is 0 Å². The van der Waals surface area contributed by atoms with E-state index in [1.54, 1.807) is 0 Å². The molecular weight excluding hydrogens is 218 g/mol. The second-order valence-corrected chi connectivity index (χ2v) is 7.44. The average Bonchev–Trinajstić information content (AvgIpc) is 2.54. The summed E-state index contributed by atoms with van der Waals surface area (Å²) in [4.78, 5) is 0. The van der Waals surface area contributed by atoms with Crippen molar-refractivity contribution in [2.24, 2.45) is 41.4 Å². The topological polar surface area (TPSA) is 23.8 Å². The lowest BCUT2D eigenvalue weighted by atomic mass is 9.54. The molecule has 0 spiro atoms. The highest BCUT2D eigenvalue weighted by molar-refractivity contribution is 5.02. The lowest BCUT2D eigenvalue weighted by Crippen LogP contribution is -2.43. The van der Waals surface area contributed by atoms with E-state index in [1.807, 2.05) is 0 Å². The van der Waals surface area contributed by atoms with Gasteiger partial charge in [-0.2, -0.15) is 5.26 Å². The third-order valence-electron chi connectivity index (χ3n) is 6.46. The molecule has 0 radical (unpaired) electrons. The van der Waals surface area contributed by atoms with Gasteiger partial charge in [-0.1, -0.05) is 33.1 Å². The fourth-order valence-corrected chi connectivity index (χ4v) is 5.59. The highest BCUT2D eigenvalue weighted by atomic mass is 14.5. The van der Waals surface area contributed by atoms with Crippen LogP contribution in [-0.2, 0) is 0 Å². The summed E-state index contributed by atoms with van der Waals surface area (Å²) in [5.41, 5.74) is 0. The largest absolute Gasteiger partial charge is 0.198 e.